The number of nitrogens with zero attached hydrogens (tertiary/aromatic N) is 2. The van der Waals surface area contributed by atoms with Gasteiger partial charge in [0.2, 0.25) is 0 Å². The maximum absolute atomic E-state index is 7.23. The highest BCUT2D eigenvalue weighted by molar-refractivity contribution is 6.34. The Hall–Kier alpha value is -7.46. The summed E-state index contributed by atoms with van der Waals surface area (Å²) >= 11 is 7.23. The van der Waals surface area contributed by atoms with Crippen LogP contribution in [-0.2, 0) is 6.42 Å². The van der Waals surface area contributed by atoms with Gasteiger partial charge in [-0.1, -0.05) is 175 Å². The molecule has 10 aromatic rings. The van der Waals surface area contributed by atoms with Crippen LogP contribution in [-0.4, -0.2) is 5.71 Å². The number of furan rings is 1. The molecule has 0 fully saturated rings. The molecule has 0 bridgehead atoms. The van der Waals surface area contributed by atoms with E-state index in [0.29, 0.717) is 5.02 Å². The van der Waals surface area contributed by atoms with Crippen molar-refractivity contribution in [2.45, 2.75) is 12.3 Å². The molecule has 12 rings (SSSR count). The number of aliphatic imine (C=N–C) groups is 1. The SMILES string of the molecule is Clc1ccccc1N1c2ccc(-c3ccc(C4=Nc5ccccc5CC4c4ccccc4)cc3)cc2-c2ccccc2-c2cccc(-c3cccc4oc5ccccc5c34)c21. The average molecular weight is 801 g/mol. The summed E-state index contributed by atoms with van der Waals surface area (Å²) in [7, 11) is 0. The number of rotatable bonds is 5. The van der Waals surface area contributed by atoms with Crippen molar-refractivity contribution >= 4 is 62.0 Å². The molecule has 0 spiro atoms. The molecule has 0 aliphatic carbocycles. The lowest BCUT2D eigenvalue weighted by atomic mass is 9.82. The Labute approximate surface area is 359 Å². The lowest BCUT2D eigenvalue weighted by Crippen LogP contribution is -2.20. The number of hydrogen-bond donors (Lipinski definition) is 0. The van der Waals surface area contributed by atoms with Crippen molar-refractivity contribution in [2.24, 2.45) is 4.99 Å². The van der Waals surface area contributed by atoms with E-state index in [2.05, 4.69) is 187 Å². The molecule has 0 saturated carbocycles. The fourth-order valence-corrected chi connectivity index (χ4v) is 9.90. The molecule has 9 aromatic carbocycles. The number of benzene rings is 9. The number of halogens is 1. The van der Waals surface area contributed by atoms with Crippen LogP contribution in [0.3, 0.4) is 0 Å². The Morgan fingerprint density at radius 3 is 1.95 bits per heavy atom. The molecule has 0 amide bonds. The number of hydrogen-bond acceptors (Lipinski definition) is 3. The fourth-order valence-electron chi connectivity index (χ4n) is 9.68. The summed E-state index contributed by atoms with van der Waals surface area (Å²) < 4.78 is 6.42. The highest BCUT2D eigenvalue weighted by Crippen LogP contribution is 2.56. The van der Waals surface area contributed by atoms with Crippen molar-refractivity contribution in [1.29, 1.82) is 0 Å². The summed E-state index contributed by atoms with van der Waals surface area (Å²) in [5.41, 5.74) is 19.7. The van der Waals surface area contributed by atoms with Gasteiger partial charge in [0.15, 0.2) is 0 Å². The van der Waals surface area contributed by atoms with E-state index < -0.39 is 0 Å². The van der Waals surface area contributed by atoms with Crippen LogP contribution in [0.2, 0.25) is 5.02 Å². The molecule has 3 heterocycles. The van der Waals surface area contributed by atoms with Crippen LogP contribution in [0.25, 0.3) is 66.4 Å². The van der Waals surface area contributed by atoms with Crippen LogP contribution in [0.1, 0.15) is 22.6 Å². The standard InChI is InChI=1S/C57H37ClN2O/c58-49-23-8-10-25-52(49)60-51-33-32-39(36-28-30-38(31-29-36)56-47(37-14-2-1-3-15-37)35-40-16-4-9-24-50(40)59-56)34-48(51)42-18-6-5-17-41(42)44-21-12-22-45(57(44)60)43-20-13-27-54-55(43)46-19-7-11-26-53(46)61-54/h1-34,47H,35H2. The van der Waals surface area contributed by atoms with Crippen LogP contribution in [0, 0.1) is 0 Å². The van der Waals surface area contributed by atoms with Gasteiger partial charge in [-0.25, -0.2) is 0 Å². The Morgan fingerprint density at radius 2 is 1.10 bits per heavy atom. The lowest BCUT2D eigenvalue weighted by Gasteiger charge is -2.30. The highest BCUT2D eigenvalue weighted by Gasteiger charge is 2.31. The van der Waals surface area contributed by atoms with Gasteiger partial charge in [-0.05, 0) is 93.4 Å². The second-order valence-corrected chi connectivity index (χ2v) is 16.3. The molecule has 288 valence electrons. The molecule has 3 nitrogen and oxygen atoms in total. The third-order valence-electron chi connectivity index (χ3n) is 12.5. The van der Waals surface area contributed by atoms with Gasteiger partial charge in [0, 0.05) is 33.4 Å². The van der Waals surface area contributed by atoms with Crippen LogP contribution in [0.5, 0.6) is 0 Å². The van der Waals surface area contributed by atoms with Gasteiger partial charge in [0.25, 0.3) is 0 Å². The predicted molar refractivity (Wildman–Crippen MR) is 254 cm³/mol. The molecule has 61 heavy (non-hydrogen) atoms. The number of anilines is 3. The monoisotopic (exact) mass is 800 g/mol. The van der Waals surface area contributed by atoms with Crippen molar-refractivity contribution in [3.63, 3.8) is 0 Å². The zero-order chi connectivity index (χ0) is 40.4. The van der Waals surface area contributed by atoms with E-state index in [4.69, 9.17) is 21.0 Å². The van der Waals surface area contributed by atoms with Gasteiger partial charge in [0.05, 0.1) is 33.5 Å². The summed E-state index contributed by atoms with van der Waals surface area (Å²) in [5, 5.41) is 2.87. The zero-order valence-corrected chi connectivity index (χ0v) is 33.9. The van der Waals surface area contributed by atoms with E-state index in [1.807, 2.05) is 24.3 Å². The minimum absolute atomic E-state index is 0.174. The summed E-state index contributed by atoms with van der Waals surface area (Å²) in [6.45, 7) is 0. The predicted octanol–water partition coefficient (Wildman–Crippen LogP) is 16.2. The molecule has 1 unspecified atom stereocenters. The quantitative estimate of drug-likeness (QED) is 0.173. The first-order valence-electron chi connectivity index (χ1n) is 20.8. The molecule has 2 aliphatic rings. The van der Waals surface area contributed by atoms with Crippen molar-refractivity contribution in [3.05, 3.63) is 228 Å². The van der Waals surface area contributed by atoms with Crippen molar-refractivity contribution in [1.82, 2.24) is 0 Å². The van der Waals surface area contributed by atoms with Gasteiger partial charge in [-0.3, -0.25) is 4.99 Å². The van der Waals surface area contributed by atoms with E-state index in [-0.39, 0.29) is 5.92 Å². The summed E-state index contributed by atoms with van der Waals surface area (Å²) in [4.78, 5) is 7.66. The van der Waals surface area contributed by atoms with Crippen LogP contribution in [0.4, 0.5) is 22.7 Å². The molecular weight excluding hydrogens is 764 g/mol. The van der Waals surface area contributed by atoms with Crippen LogP contribution >= 0.6 is 11.6 Å². The molecule has 4 heteroatoms. The Balaban J connectivity index is 1.04. The average Bonchev–Trinajstić information content (AvgIpc) is 3.66. The van der Waals surface area contributed by atoms with E-state index >= 15 is 0 Å². The van der Waals surface area contributed by atoms with Crippen LogP contribution in [0.15, 0.2) is 216 Å². The number of para-hydroxylation sites is 4. The minimum Gasteiger partial charge on any atom is -0.456 e. The maximum atomic E-state index is 7.23. The zero-order valence-electron chi connectivity index (χ0n) is 33.1. The molecule has 0 saturated heterocycles. The van der Waals surface area contributed by atoms with Gasteiger partial charge in [-0.2, -0.15) is 0 Å². The smallest absolute Gasteiger partial charge is 0.136 e. The van der Waals surface area contributed by atoms with Crippen molar-refractivity contribution < 1.29 is 4.42 Å². The summed E-state index contributed by atoms with van der Waals surface area (Å²) in [6.07, 6.45) is 0.921. The van der Waals surface area contributed by atoms with Crippen molar-refractivity contribution in [2.75, 3.05) is 4.90 Å². The Kier molecular flexibility index (Phi) is 8.36. The topological polar surface area (TPSA) is 28.7 Å². The molecule has 0 radical (unpaired) electrons. The molecule has 1 aromatic heterocycles. The van der Waals surface area contributed by atoms with E-state index in [1.165, 1.54) is 11.1 Å². The first-order valence-corrected chi connectivity index (χ1v) is 21.2. The molecule has 0 N–H and O–H groups in total. The summed E-state index contributed by atoms with van der Waals surface area (Å²) in [5.74, 6) is 0.174. The fraction of sp³-hybridized carbons (Fsp3) is 0.0351. The largest absolute Gasteiger partial charge is 0.456 e. The molecular formula is C57H37ClN2O. The molecule has 1 atom stereocenters. The summed E-state index contributed by atoms with van der Waals surface area (Å²) in [6, 6.07) is 73.5. The van der Waals surface area contributed by atoms with Gasteiger partial charge < -0.3 is 9.32 Å². The van der Waals surface area contributed by atoms with Gasteiger partial charge in [0.1, 0.15) is 11.2 Å². The number of fused-ring (bicyclic) bond motifs is 9. The minimum atomic E-state index is 0.174. The molecule has 2 aliphatic heterocycles. The van der Waals surface area contributed by atoms with Gasteiger partial charge >= 0.3 is 0 Å². The first kappa shape index (κ1) is 35.5. The Morgan fingerprint density at radius 1 is 0.475 bits per heavy atom. The second-order valence-electron chi connectivity index (χ2n) is 15.9. The van der Waals surface area contributed by atoms with E-state index in [0.717, 1.165) is 107 Å². The van der Waals surface area contributed by atoms with Crippen LogP contribution < -0.4 is 4.90 Å². The maximum Gasteiger partial charge on any atom is 0.136 e. The highest BCUT2D eigenvalue weighted by atomic mass is 35.5. The third-order valence-corrected chi connectivity index (χ3v) is 12.8. The van der Waals surface area contributed by atoms with E-state index in [1.54, 1.807) is 0 Å². The first-order chi connectivity index (χ1) is 30.2. The second kappa shape index (κ2) is 14.4. The third kappa shape index (κ3) is 5.84. The lowest BCUT2D eigenvalue weighted by molar-refractivity contribution is 0.669. The van der Waals surface area contributed by atoms with E-state index in [9.17, 15) is 0 Å². The van der Waals surface area contributed by atoms with Crippen molar-refractivity contribution in [3.8, 4) is 44.5 Å². The Bertz CT molecular complexity index is 3360. The normalized spacial score (nSPS) is 14.1. The van der Waals surface area contributed by atoms with Gasteiger partial charge in [-0.15, -0.1) is 0 Å².